The molecule has 0 aliphatic carbocycles. The number of hydrogen-bond acceptors (Lipinski definition) is 4. The molecular weight excluding hydrogens is 252 g/mol. The Labute approximate surface area is 119 Å². The monoisotopic (exact) mass is 274 g/mol. The summed E-state index contributed by atoms with van der Waals surface area (Å²) in [4.78, 5) is 13.1. The molecule has 2 aliphatic rings. The molecule has 4 heteroatoms. The van der Waals surface area contributed by atoms with E-state index in [9.17, 15) is 9.90 Å². The van der Waals surface area contributed by atoms with Gasteiger partial charge in [-0.3, -0.25) is 4.79 Å². The maximum atomic E-state index is 10.7. The van der Waals surface area contributed by atoms with Gasteiger partial charge < -0.3 is 15.3 Å². The number of benzene rings is 1. The standard InChI is InChI=1S/C16H22N2O2/c19-12-13-1-2-14(11-15(13)20)18-9-5-16(6-10-18)3-7-17-8-4-16/h1-2,11-12,17,20H,3-10H2. The Morgan fingerprint density at radius 1 is 1.15 bits per heavy atom. The molecule has 0 aromatic heterocycles. The van der Waals surface area contributed by atoms with Crippen LogP contribution in [0.15, 0.2) is 18.2 Å². The molecule has 0 atom stereocenters. The van der Waals surface area contributed by atoms with Crippen LogP contribution in [0.1, 0.15) is 36.0 Å². The lowest BCUT2D eigenvalue weighted by Gasteiger charge is -2.45. The van der Waals surface area contributed by atoms with Gasteiger partial charge in [0, 0.05) is 24.8 Å². The second-order valence-corrected chi connectivity index (χ2v) is 6.10. The maximum Gasteiger partial charge on any atom is 0.153 e. The molecular formula is C16H22N2O2. The number of rotatable bonds is 2. The van der Waals surface area contributed by atoms with E-state index >= 15 is 0 Å². The largest absolute Gasteiger partial charge is 0.507 e. The number of anilines is 1. The van der Waals surface area contributed by atoms with Crippen LogP contribution < -0.4 is 10.2 Å². The van der Waals surface area contributed by atoms with Crippen LogP contribution in [0, 0.1) is 5.41 Å². The van der Waals surface area contributed by atoms with Crippen molar-refractivity contribution in [3.05, 3.63) is 23.8 Å². The zero-order valence-electron chi connectivity index (χ0n) is 11.8. The molecule has 20 heavy (non-hydrogen) atoms. The second-order valence-electron chi connectivity index (χ2n) is 6.10. The summed E-state index contributed by atoms with van der Waals surface area (Å²) in [5.41, 5.74) is 1.92. The van der Waals surface area contributed by atoms with Crippen LogP contribution in [0.5, 0.6) is 5.75 Å². The number of nitrogens with one attached hydrogen (secondary N) is 1. The lowest BCUT2D eigenvalue weighted by Crippen LogP contribution is -2.45. The number of piperidine rings is 2. The third kappa shape index (κ3) is 2.52. The third-order valence-corrected chi connectivity index (χ3v) is 4.99. The highest BCUT2D eigenvalue weighted by Gasteiger charge is 2.35. The molecule has 1 aromatic carbocycles. The van der Waals surface area contributed by atoms with E-state index in [1.54, 1.807) is 12.1 Å². The summed E-state index contributed by atoms with van der Waals surface area (Å²) in [5, 5.41) is 13.2. The molecule has 2 aliphatic heterocycles. The summed E-state index contributed by atoms with van der Waals surface area (Å²) in [6.45, 7) is 4.38. The van der Waals surface area contributed by atoms with Crippen molar-refractivity contribution in [1.82, 2.24) is 5.32 Å². The van der Waals surface area contributed by atoms with Crippen molar-refractivity contribution >= 4 is 12.0 Å². The molecule has 108 valence electrons. The smallest absolute Gasteiger partial charge is 0.153 e. The summed E-state index contributed by atoms with van der Waals surface area (Å²) in [6, 6.07) is 5.35. The molecule has 0 bridgehead atoms. The van der Waals surface area contributed by atoms with Crippen molar-refractivity contribution in [1.29, 1.82) is 0 Å². The van der Waals surface area contributed by atoms with E-state index in [-0.39, 0.29) is 5.75 Å². The minimum absolute atomic E-state index is 0.0830. The fourth-order valence-electron chi connectivity index (χ4n) is 3.52. The normalized spacial score (nSPS) is 21.9. The Kier molecular flexibility index (Phi) is 3.66. The number of aromatic hydroxyl groups is 1. The van der Waals surface area contributed by atoms with Gasteiger partial charge in [-0.1, -0.05) is 0 Å². The zero-order valence-corrected chi connectivity index (χ0v) is 11.8. The molecule has 2 heterocycles. The minimum Gasteiger partial charge on any atom is -0.507 e. The summed E-state index contributed by atoms with van der Waals surface area (Å²) in [5.74, 6) is 0.0830. The first-order valence-electron chi connectivity index (χ1n) is 7.46. The van der Waals surface area contributed by atoms with Crippen molar-refractivity contribution < 1.29 is 9.90 Å². The fraction of sp³-hybridized carbons (Fsp3) is 0.562. The van der Waals surface area contributed by atoms with Crippen LogP contribution in [0.2, 0.25) is 0 Å². The predicted molar refractivity (Wildman–Crippen MR) is 79.5 cm³/mol. The zero-order chi connectivity index (χ0) is 14.0. The Bertz CT molecular complexity index is 485. The molecule has 4 nitrogen and oxygen atoms in total. The number of phenolic OH excluding ortho intramolecular Hbond substituents is 1. The van der Waals surface area contributed by atoms with Gasteiger partial charge in [0.1, 0.15) is 5.75 Å². The maximum absolute atomic E-state index is 10.7. The van der Waals surface area contributed by atoms with E-state index in [0.29, 0.717) is 17.3 Å². The van der Waals surface area contributed by atoms with Crippen LogP contribution in [-0.4, -0.2) is 37.6 Å². The Morgan fingerprint density at radius 2 is 1.85 bits per heavy atom. The lowest BCUT2D eigenvalue weighted by molar-refractivity contribution is 0.112. The summed E-state index contributed by atoms with van der Waals surface area (Å²) < 4.78 is 0. The number of aldehydes is 1. The van der Waals surface area contributed by atoms with Gasteiger partial charge in [-0.05, 0) is 56.3 Å². The molecule has 3 rings (SSSR count). The lowest BCUT2D eigenvalue weighted by atomic mass is 9.71. The van der Waals surface area contributed by atoms with Crippen LogP contribution in [-0.2, 0) is 0 Å². The number of nitrogens with zero attached hydrogens (tertiary/aromatic N) is 1. The predicted octanol–water partition coefficient (Wildman–Crippen LogP) is 2.17. The highest BCUT2D eigenvalue weighted by atomic mass is 16.3. The molecule has 0 saturated carbocycles. The molecule has 0 unspecified atom stereocenters. The molecule has 2 fully saturated rings. The van der Waals surface area contributed by atoms with Crippen molar-refractivity contribution in [2.24, 2.45) is 5.41 Å². The van der Waals surface area contributed by atoms with Crippen molar-refractivity contribution in [2.45, 2.75) is 25.7 Å². The van der Waals surface area contributed by atoms with E-state index in [1.165, 1.54) is 25.7 Å². The van der Waals surface area contributed by atoms with E-state index in [2.05, 4.69) is 10.2 Å². The summed E-state index contributed by atoms with van der Waals surface area (Å²) in [7, 11) is 0. The molecule has 2 N–H and O–H groups in total. The van der Waals surface area contributed by atoms with E-state index in [0.717, 1.165) is 31.9 Å². The first kappa shape index (κ1) is 13.4. The van der Waals surface area contributed by atoms with Gasteiger partial charge in [0.15, 0.2) is 6.29 Å². The SMILES string of the molecule is O=Cc1ccc(N2CCC3(CCNCC3)CC2)cc1O. The van der Waals surface area contributed by atoms with Crippen molar-refractivity contribution in [2.75, 3.05) is 31.1 Å². The number of carbonyl (C=O) groups excluding carboxylic acids is 1. The third-order valence-electron chi connectivity index (χ3n) is 4.99. The molecule has 2 saturated heterocycles. The average Bonchev–Trinajstić information content (AvgIpc) is 2.49. The Morgan fingerprint density at radius 3 is 2.45 bits per heavy atom. The van der Waals surface area contributed by atoms with Gasteiger partial charge in [-0.25, -0.2) is 0 Å². The van der Waals surface area contributed by atoms with Crippen LogP contribution in [0.25, 0.3) is 0 Å². The van der Waals surface area contributed by atoms with E-state index in [4.69, 9.17) is 0 Å². The fourth-order valence-corrected chi connectivity index (χ4v) is 3.52. The van der Waals surface area contributed by atoms with Gasteiger partial charge in [0.25, 0.3) is 0 Å². The molecule has 0 amide bonds. The first-order chi connectivity index (χ1) is 9.72. The quantitative estimate of drug-likeness (QED) is 0.812. The van der Waals surface area contributed by atoms with Gasteiger partial charge in [-0.2, -0.15) is 0 Å². The Balaban J connectivity index is 1.68. The van der Waals surface area contributed by atoms with Crippen LogP contribution >= 0.6 is 0 Å². The highest BCUT2D eigenvalue weighted by molar-refractivity contribution is 5.80. The molecule has 0 radical (unpaired) electrons. The summed E-state index contributed by atoms with van der Waals surface area (Å²) in [6.07, 6.45) is 5.72. The van der Waals surface area contributed by atoms with E-state index in [1.807, 2.05) is 6.07 Å². The van der Waals surface area contributed by atoms with Crippen LogP contribution in [0.4, 0.5) is 5.69 Å². The van der Waals surface area contributed by atoms with Crippen molar-refractivity contribution in [3.8, 4) is 5.75 Å². The van der Waals surface area contributed by atoms with Gasteiger partial charge in [-0.15, -0.1) is 0 Å². The first-order valence-corrected chi connectivity index (χ1v) is 7.46. The second kappa shape index (κ2) is 5.44. The Hall–Kier alpha value is -1.55. The van der Waals surface area contributed by atoms with Gasteiger partial charge in [0.2, 0.25) is 0 Å². The van der Waals surface area contributed by atoms with Crippen LogP contribution in [0.3, 0.4) is 0 Å². The van der Waals surface area contributed by atoms with Gasteiger partial charge >= 0.3 is 0 Å². The van der Waals surface area contributed by atoms with Crippen molar-refractivity contribution in [3.63, 3.8) is 0 Å². The number of hydrogen-bond donors (Lipinski definition) is 2. The average molecular weight is 274 g/mol. The number of carbonyl (C=O) groups is 1. The topological polar surface area (TPSA) is 52.6 Å². The van der Waals surface area contributed by atoms with Gasteiger partial charge in [0.05, 0.1) is 5.56 Å². The summed E-state index contributed by atoms with van der Waals surface area (Å²) >= 11 is 0. The minimum atomic E-state index is 0.0830. The number of phenols is 1. The van der Waals surface area contributed by atoms with E-state index < -0.39 is 0 Å². The molecule has 1 spiro atoms. The highest BCUT2D eigenvalue weighted by Crippen LogP contribution is 2.40. The molecule has 1 aromatic rings.